The van der Waals surface area contributed by atoms with E-state index < -0.39 is 18.0 Å². The molecule has 0 radical (unpaired) electrons. The van der Waals surface area contributed by atoms with Gasteiger partial charge in [-0.15, -0.1) is 0 Å². The quantitative estimate of drug-likeness (QED) is 0.768. The minimum Gasteiger partial charge on any atom is -0.481 e. The zero-order valence-electron chi connectivity index (χ0n) is 8.90. The maximum Gasteiger partial charge on any atom is 0.338 e. The van der Waals surface area contributed by atoms with E-state index in [-0.39, 0.29) is 6.42 Å². The number of carboxylic acid groups (broad SMARTS) is 1. The lowest BCUT2D eigenvalue weighted by Crippen LogP contribution is -2.29. The van der Waals surface area contributed by atoms with E-state index >= 15 is 0 Å². The molecule has 1 aliphatic rings. The van der Waals surface area contributed by atoms with E-state index in [2.05, 4.69) is 0 Å². The zero-order chi connectivity index (χ0) is 11.7. The van der Waals surface area contributed by atoms with Crippen molar-refractivity contribution in [2.45, 2.75) is 25.9 Å². The fourth-order valence-corrected chi connectivity index (χ4v) is 1.90. The summed E-state index contributed by atoms with van der Waals surface area (Å²) >= 11 is 0. The van der Waals surface area contributed by atoms with Crippen molar-refractivity contribution in [1.29, 1.82) is 0 Å². The molecule has 0 aliphatic carbocycles. The number of fused-ring (bicyclic) bond motifs is 1. The first-order valence-corrected chi connectivity index (χ1v) is 5.08. The molecular formula is C12H12O4. The highest BCUT2D eigenvalue weighted by atomic mass is 16.5. The lowest BCUT2D eigenvalue weighted by Gasteiger charge is -2.23. The van der Waals surface area contributed by atoms with Gasteiger partial charge in [0.05, 0.1) is 12.0 Å². The van der Waals surface area contributed by atoms with Crippen molar-refractivity contribution in [3.05, 3.63) is 34.9 Å². The first-order chi connectivity index (χ1) is 7.56. The third kappa shape index (κ3) is 2.05. The summed E-state index contributed by atoms with van der Waals surface area (Å²) in [5.41, 5.74) is 2.48. The molecule has 1 aliphatic heterocycles. The van der Waals surface area contributed by atoms with E-state index in [1.165, 1.54) is 0 Å². The number of aryl methyl sites for hydroxylation is 1. The van der Waals surface area contributed by atoms with Crippen LogP contribution in [-0.2, 0) is 16.0 Å². The van der Waals surface area contributed by atoms with Gasteiger partial charge in [-0.25, -0.2) is 4.79 Å². The van der Waals surface area contributed by atoms with Crippen LogP contribution in [0.2, 0.25) is 0 Å². The number of carboxylic acids is 1. The van der Waals surface area contributed by atoms with Gasteiger partial charge in [0, 0.05) is 6.42 Å². The Morgan fingerprint density at radius 3 is 3.00 bits per heavy atom. The van der Waals surface area contributed by atoms with Gasteiger partial charge in [0.1, 0.15) is 6.10 Å². The number of ether oxygens (including phenoxy) is 1. The van der Waals surface area contributed by atoms with Crippen LogP contribution in [0.4, 0.5) is 0 Å². The second-order valence-electron chi connectivity index (χ2n) is 3.99. The Bertz CT molecular complexity index is 450. The Kier molecular flexibility index (Phi) is 2.64. The number of hydrogen-bond acceptors (Lipinski definition) is 3. The van der Waals surface area contributed by atoms with E-state index in [4.69, 9.17) is 9.84 Å². The summed E-state index contributed by atoms with van der Waals surface area (Å²) in [6.07, 6.45) is -0.201. The average molecular weight is 220 g/mol. The van der Waals surface area contributed by atoms with Crippen molar-refractivity contribution < 1.29 is 19.4 Å². The van der Waals surface area contributed by atoms with Crippen LogP contribution in [0, 0.1) is 6.92 Å². The van der Waals surface area contributed by atoms with Crippen LogP contribution in [0.15, 0.2) is 18.2 Å². The Morgan fingerprint density at radius 2 is 2.31 bits per heavy atom. The summed E-state index contributed by atoms with van der Waals surface area (Å²) in [6.45, 7) is 1.94. The summed E-state index contributed by atoms with van der Waals surface area (Å²) in [6, 6.07) is 5.48. The molecule has 0 amide bonds. The van der Waals surface area contributed by atoms with Crippen LogP contribution >= 0.6 is 0 Å². The van der Waals surface area contributed by atoms with Gasteiger partial charge >= 0.3 is 11.9 Å². The molecule has 1 aromatic carbocycles. The number of hydrogen-bond donors (Lipinski definition) is 1. The third-order valence-electron chi connectivity index (χ3n) is 2.60. The fraction of sp³-hybridized carbons (Fsp3) is 0.333. The number of carbonyl (C=O) groups is 2. The molecule has 0 saturated carbocycles. The lowest BCUT2D eigenvalue weighted by atomic mass is 9.95. The summed E-state index contributed by atoms with van der Waals surface area (Å²) in [7, 11) is 0. The van der Waals surface area contributed by atoms with Crippen molar-refractivity contribution in [2.75, 3.05) is 0 Å². The fourth-order valence-electron chi connectivity index (χ4n) is 1.90. The molecule has 1 unspecified atom stereocenters. The smallest absolute Gasteiger partial charge is 0.338 e. The predicted molar refractivity (Wildman–Crippen MR) is 56.3 cm³/mol. The van der Waals surface area contributed by atoms with E-state index in [1.54, 1.807) is 6.07 Å². The van der Waals surface area contributed by atoms with E-state index in [0.29, 0.717) is 12.0 Å². The molecule has 1 atom stereocenters. The topological polar surface area (TPSA) is 63.6 Å². The van der Waals surface area contributed by atoms with Gasteiger partial charge in [-0.05, 0) is 18.6 Å². The standard InChI is InChI=1S/C12H12O4/c1-7-2-3-10-8(4-7)5-9(6-11(13)14)16-12(10)15/h2-4,9H,5-6H2,1H3,(H,13,14). The lowest BCUT2D eigenvalue weighted by molar-refractivity contribution is -0.139. The minimum atomic E-state index is -0.950. The first-order valence-electron chi connectivity index (χ1n) is 5.08. The SMILES string of the molecule is Cc1ccc2c(c1)CC(CC(=O)O)OC2=O. The Labute approximate surface area is 92.8 Å². The largest absolute Gasteiger partial charge is 0.481 e. The van der Waals surface area contributed by atoms with Crippen molar-refractivity contribution in [3.63, 3.8) is 0 Å². The van der Waals surface area contributed by atoms with E-state index in [0.717, 1.165) is 11.1 Å². The predicted octanol–water partition coefficient (Wildman–Crippen LogP) is 1.55. The van der Waals surface area contributed by atoms with E-state index in [1.807, 2.05) is 19.1 Å². The average Bonchev–Trinajstić information content (AvgIpc) is 2.15. The maximum absolute atomic E-state index is 11.6. The summed E-state index contributed by atoms with van der Waals surface area (Å²) in [5, 5.41) is 8.66. The van der Waals surface area contributed by atoms with Crippen LogP contribution in [-0.4, -0.2) is 23.1 Å². The monoisotopic (exact) mass is 220 g/mol. The van der Waals surface area contributed by atoms with Crippen molar-refractivity contribution >= 4 is 11.9 Å². The molecule has 1 N–H and O–H groups in total. The van der Waals surface area contributed by atoms with Crippen molar-refractivity contribution in [1.82, 2.24) is 0 Å². The highest BCUT2D eigenvalue weighted by molar-refractivity contribution is 5.92. The van der Waals surface area contributed by atoms with Crippen LogP contribution in [0.5, 0.6) is 0 Å². The Morgan fingerprint density at radius 1 is 1.56 bits per heavy atom. The van der Waals surface area contributed by atoms with Crippen LogP contribution in [0.3, 0.4) is 0 Å². The van der Waals surface area contributed by atoms with Gasteiger partial charge in [0.25, 0.3) is 0 Å². The molecule has 16 heavy (non-hydrogen) atoms. The highest BCUT2D eigenvalue weighted by Gasteiger charge is 2.27. The van der Waals surface area contributed by atoms with Crippen LogP contribution < -0.4 is 0 Å². The van der Waals surface area contributed by atoms with E-state index in [9.17, 15) is 9.59 Å². The number of benzene rings is 1. The molecular weight excluding hydrogens is 208 g/mol. The maximum atomic E-state index is 11.6. The summed E-state index contributed by atoms with van der Waals surface area (Å²) in [5.74, 6) is -1.37. The summed E-state index contributed by atoms with van der Waals surface area (Å²) < 4.78 is 5.04. The number of rotatable bonds is 2. The third-order valence-corrected chi connectivity index (χ3v) is 2.60. The van der Waals surface area contributed by atoms with Crippen LogP contribution in [0.25, 0.3) is 0 Å². The Balaban J connectivity index is 2.27. The molecule has 84 valence electrons. The molecule has 4 nitrogen and oxygen atoms in total. The molecule has 0 fully saturated rings. The van der Waals surface area contributed by atoms with Gasteiger partial charge in [-0.2, -0.15) is 0 Å². The van der Waals surface area contributed by atoms with Gasteiger partial charge in [-0.3, -0.25) is 4.79 Å². The van der Waals surface area contributed by atoms with Crippen molar-refractivity contribution in [2.24, 2.45) is 0 Å². The van der Waals surface area contributed by atoms with Gasteiger partial charge in [0.15, 0.2) is 0 Å². The van der Waals surface area contributed by atoms with Crippen LogP contribution in [0.1, 0.15) is 27.9 Å². The second kappa shape index (κ2) is 3.96. The normalized spacial score (nSPS) is 18.8. The number of carbonyl (C=O) groups excluding carboxylic acids is 1. The minimum absolute atomic E-state index is 0.140. The Hall–Kier alpha value is -1.84. The van der Waals surface area contributed by atoms with Crippen molar-refractivity contribution in [3.8, 4) is 0 Å². The first kappa shape index (κ1) is 10.7. The number of aliphatic carboxylic acids is 1. The summed E-state index contributed by atoms with van der Waals surface area (Å²) in [4.78, 5) is 22.1. The van der Waals surface area contributed by atoms with Gasteiger partial charge in [-0.1, -0.05) is 17.7 Å². The molecule has 1 heterocycles. The highest BCUT2D eigenvalue weighted by Crippen LogP contribution is 2.23. The van der Waals surface area contributed by atoms with Gasteiger partial charge in [0.2, 0.25) is 0 Å². The number of esters is 1. The molecule has 0 aromatic heterocycles. The molecule has 2 rings (SSSR count). The second-order valence-corrected chi connectivity index (χ2v) is 3.99. The molecule has 0 spiro atoms. The molecule has 0 bridgehead atoms. The molecule has 1 aromatic rings. The zero-order valence-corrected chi connectivity index (χ0v) is 8.90. The number of cyclic esters (lactones) is 1. The molecule has 4 heteroatoms. The molecule has 0 saturated heterocycles. The van der Waals surface area contributed by atoms with Gasteiger partial charge < -0.3 is 9.84 Å².